The van der Waals surface area contributed by atoms with E-state index in [1.807, 2.05) is 24.3 Å². The van der Waals surface area contributed by atoms with E-state index in [0.29, 0.717) is 68.6 Å². The van der Waals surface area contributed by atoms with Crippen LogP contribution in [0, 0.1) is 5.92 Å². The van der Waals surface area contributed by atoms with Gasteiger partial charge < -0.3 is 10.2 Å². The SMILES string of the molecule is C=CCCCCn1c(=O)c(N2CCN(C(C)C)CC2)cc2c(NCCc3cccc(C(F)(F)C4CCN(CC=C)CC4)c3)ncnc21. The van der Waals surface area contributed by atoms with E-state index in [4.69, 9.17) is 0 Å². The second kappa shape index (κ2) is 16.0. The zero-order valence-electron chi connectivity index (χ0n) is 28.1. The molecule has 10 heteroatoms. The van der Waals surface area contributed by atoms with Crippen LogP contribution in [0.1, 0.15) is 57.1 Å². The van der Waals surface area contributed by atoms with E-state index >= 15 is 8.78 Å². The molecule has 0 spiro atoms. The number of anilines is 2. The third-order valence-electron chi connectivity index (χ3n) is 9.79. The smallest absolute Gasteiger partial charge is 0.276 e. The number of hydrogen-bond donors (Lipinski definition) is 1. The Morgan fingerprint density at radius 1 is 1.02 bits per heavy atom. The number of piperidine rings is 1. The van der Waals surface area contributed by atoms with Gasteiger partial charge in [-0.25, -0.2) is 18.7 Å². The predicted molar refractivity (Wildman–Crippen MR) is 189 cm³/mol. The van der Waals surface area contributed by atoms with Crippen molar-refractivity contribution in [3.05, 3.63) is 83.4 Å². The number of likely N-dealkylation sites (tertiary alicyclic amines) is 1. The first-order chi connectivity index (χ1) is 22.7. The number of benzene rings is 1. The number of aromatic nitrogens is 3. The third kappa shape index (κ3) is 8.27. The molecule has 0 bridgehead atoms. The lowest BCUT2D eigenvalue weighted by atomic mass is 9.86. The number of pyridine rings is 1. The molecule has 1 aromatic carbocycles. The van der Waals surface area contributed by atoms with Crippen molar-refractivity contribution in [3.8, 4) is 0 Å². The normalized spacial score (nSPS) is 17.0. The van der Waals surface area contributed by atoms with Crippen molar-refractivity contribution in [2.24, 2.45) is 5.92 Å². The number of piperazine rings is 1. The Bertz CT molecular complexity index is 1560. The Kier molecular flexibility index (Phi) is 11.8. The van der Waals surface area contributed by atoms with E-state index in [9.17, 15) is 4.79 Å². The second-order valence-corrected chi connectivity index (χ2v) is 13.2. The van der Waals surface area contributed by atoms with Gasteiger partial charge in [-0.05, 0) is 83.2 Å². The summed E-state index contributed by atoms with van der Waals surface area (Å²) in [5.74, 6) is -2.90. The lowest BCUT2D eigenvalue weighted by molar-refractivity contribution is -0.0847. The zero-order chi connectivity index (χ0) is 33.4. The van der Waals surface area contributed by atoms with Crippen LogP contribution in [0.15, 0.2) is 66.8 Å². The van der Waals surface area contributed by atoms with Gasteiger partial charge >= 0.3 is 0 Å². The zero-order valence-corrected chi connectivity index (χ0v) is 28.1. The summed E-state index contributed by atoms with van der Waals surface area (Å²) in [4.78, 5) is 29.8. The quantitative estimate of drug-likeness (QED) is 0.153. The van der Waals surface area contributed by atoms with Crippen molar-refractivity contribution in [2.75, 3.05) is 62.6 Å². The van der Waals surface area contributed by atoms with Gasteiger partial charge in [-0.2, -0.15) is 0 Å². The Hall–Kier alpha value is -3.63. The molecule has 2 aliphatic rings. The number of alkyl halides is 2. The number of hydrogen-bond acceptors (Lipinski definition) is 7. The molecule has 0 saturated carbocycles. The maximum Gasteiger partial charge on any atom is 0.276 e. The van der Waals surface area contributed by atoms with Crippen LogP contribution in [0.5, 0.6) is 0 Å². The number of nitrogens with one attached hydrogen (secondary N) is 1. The Balaban J connectivity index is 1.33. The van der Waals surface area contributed by atoms with Gasteiger partial charge in [0.25, 0.3) is 11.5 Å². The minimum absolute atomic E-state index is 0.0251. The van der Waals surface area contributed by atoms with Crippen molar-refractivity contribution in [1.29, 1.82) is 0 Å². The van der Waals surface area contributed by atoms with Crippen molar-refractivity contribution in [1.82, 2.24) is 24.3 Å². The Morgan fingerprint density at radius 2 is 1.79 bits per heavy atom. The summed E-state index contributed by atoms with van der Waals surface area (Å²) in [6, 6.07) is 9.26. The summed E-state index contributed by atoms with van der Waals surface area (Å²) in [5, 5.41) is 4.23. The average molecular weight is 648 g/mol. The third-order valence-corrected chi connectivity index (χ3v) is 9.79. The second-order valence-electron chi connectivity index (χ2n) is 13.2. The standard InChI is InChI=1S/C37H51F2N7O/c1-5-7-8-9-18-46-35-32(26-33(36(46)47)45-23-21-44(22-24-45)28(3)4)34(41-27-42-35)40-16-13-29-11-10-12-31(25-29)37(38,39)30-14-19-43(17-6-2)20-15-30/h5-6,10-12,25-28,30H,1-2,7-9,13-24H2,3-4H3,(H,40,41,42). The number of unbranched alkanes of at least 4 members (excludes halogenated alkanes) is 2. The van der Waals surface area contributed by atoms with Crippen LogP contribution in [0.3, 0.4) is 0 Å². The first kappa shape index (κ1) is 34.7. The van der Waals surface area contributed by atoms with Gasteiger partial charge in [0.05, 0.1) is 5.39 Å². The molecule has 47 heavy (non-hydrogen) atoms. The predicted octanol–water partition coefficient (Wildman–Crippen LogP) is 6.32. The van der Waals surface area contributed by atoms with Gasteiger partial charge in [-0.15, -0.1) is 13.2 Å². The number of nitrogens with zero attached hydrogens (tertiary/aromatic N) is 6. The molecule has 2 fully saturated rings. The molecule has 4 heterocycles. The minimum atomic E-state index is -2.88. The molecular weight excluding hydrogens is 596 g/mol. The number of aryl methyl sites for hydroxylation is 1. The monoisotopic (exact) mass is 647 g/mol. The molecule has 8 nitrogen and oxygen atoms in total. The van der Waals surface area contributed by atoms with Gasteiger partial charge in [0.1, 0.15) is 23.5 Å². The summed E-state index contributed by atoms with van der Waals surface area (Å²) < 4.78 is 33.1. The summed E-state index contributed by atoms with van der Waals surface area (Å²) in [5.41, 5.74) is 2.19. The van der Waals surface area contributed by atoms with Crippen LogP contribution < -0.4 is 15.8 Å². The van der Waals surface area contributed by atoms with Crippen LogP contribution in [0.2, 0.25) is 0 Å². The number of rotatable bonds is 15. The van der Waals surface area contributed by atoms with Crippen molar-refractivity contribution in [2.45, 2.75) is 70.9 Å². The summed E-state index contributed by atoms with van der Waals surface area (Å²) >= 11 is 0. The van der Waals surface area contributed by atoms with Crippen LogP contribution in [0.25, 0.3) is 11.0 Å². The summed E-state index contributed by atoms with van der Waals surface area (Å²) in [6.45, 7) is 18.5. The maximum atomic E-state index is 15.6. The molecule has 0 amide bonds. The van der Waals surface area contributed by atoms with E-state index in [-0.39, 0.29) is 11.1 Å². The van der Waals surface area contributed by atoms with E-state index in [0.717, 1.165) is 62.9 Å². The van der Waals surface area contributed by atoms with Crippen LogP contribution >= 0.6 is 0 Å². The summed E-state index contributed by atoms with van der Waals surface area (Å²) in [6.07, 6.45) is 9.41. The molecule has 3 aromatic rings. The largest absolute Gasteiger partial charge is 0.369 e. The molecule has 0 radical (unpaired) electrons. The Morgan fingerprint density at radius 3 is 2.49 bits per heavy atom. The number of allylic oxidation sites excluding steroid dienone is 1. The van der Waals surface area contributed by atoms with Gasteiger partial charge in [0, 0.05) is 63.3 Å². The highest BCUT2D eigenvalue weighted by atomic mass is 19.3. The summed E-state index contributed by atoms with van der Waals surface area (Å²) in [7, 11) is 0. The van der Waals surface area contributed by atoms with E-state index < -0.39 is 11.8 Å². The molecular formula is C37H51F2N7O. The van der Waals surface area contributed by atoms with E-state index in [2.05, 4.69) is 57.0 Å². The average Bonchev–Trinajstić information content (AvgIpc) is 3.08. The van der Waals surface area contributed by atoms with Crippen molar-refractivity contribution < 1.29 is 8.78 Å². The number of fused-ring (bicyclic) bond motifs is 1. The molecule has 2 aliphatic heterocycles. The first-order valence-corrected chi connectivity index (χ1v) is 17.3. The van der Waals surface area contributed by atoms with E-state index in [1.54, 1.807) is 22.8 Å². The molecule has 5 rings (SSSR count). The fraction of sp³-hybridized carbons (Fsp3) is 0.541. The maximum absolute atomic E-state index is 15.6. The molecule has 0 unspecified atom stereocenters. The Labute approximate surface area is 278 Å². The molecule has 0 atom stereocenters. The van der Waals surface area contributed by atoms with Crippen molar-refractivity contribution >= 4 is 22.5 Å². The lowest BCUT2D eigenvalue weighted by Crippen LogP contribution is -2.50. The van der Waals surface area contributed by atoms with Crippen LogP contribution in [0.4, 0.5) is 20.3 Å². The minimum Gasteiger partial charge on any atom is -0.369 e. The number of halogens is 2. The van der Waals surface area contributed by atoms with Crippen LogP contribution in [-0.4, -0.2) is 82.7 Å². The molecule has 1 N–H and O–H groups in total. The van der Waals surface area contributed by atoms with Crippen molar-refractivity contribution in [3.63, 3.8) is 0 Å². The van der Waals surface area contributed by atoms with Gasteiger partial charge in [0.15, 0.2) is 0 Å². The fourth-order valence-electron chi connectivity index (χ4n) is 6.94. The van der Waals surface area contributed by atoms with Gasteiger partial charge in [-0.3, -0.25) is 19.2 Å². The highest BCUT2D eigenvalue weighted by Crippen LogP contribution is 2.41. The molecule has 0 aliphatic carbocycles. The highest BCUT2D eigenvalue weighted by Gasteiger charge is 2.42. The fourth-order valence-corrected chi connectivity index (χ4v) is 6.94. The first-order valence-electron chi connectivity index (χ1n) is 17.3. The van der Waals surface area contributed by atoms with E-state index in [1.165, 1.54) is 6.33 Å². The van der Waals surface area contributed by atoms with Gasteiger partial charge in [0.2, 0.25) is 0 Å². The molecule has 254 valence electrons. The molecule has 2 saturated heterocycles. The van der Waals surface area contributed by atoms with Gasteiger partial charge in [-0.1, -0.05) is 30.4 Å². The highest BCUT2D eigenvalue weighted by molar-refractivity contribution is 5.89. The van der Waals surface area contributed by atoms with Crippen LogP contribution in [-0.2, 0) is 18.9 Å². The molecule has 2 aromatic heterocycles. The topological polar surface area (TPSA) is 69.5 Å². The lowest BCUT2D eigenvalue weighted by Gasteiger charge is -2.38.